The van der Waals surface area contributed by atoms with E-state index in [1.165, 1.54) is 0 Å². The van der Waals surface area contributed by atoms with Crippen molar-refractivity contribution >= 4 is 0 Å². The summed E-state index contributed by atoms with van der Waals surface area (Å²) < 4.78 is 13.3. The first-order valence-corrected chi connectivity index (χ1v) is 5.01. The fourth-order valence-electron chi connectivity index (χ4n) is 1.61. The number of hydrogen-bond acceptors (Lipinski definition) is 1. The molecule has 2 heteroatoms. The van der Waals surface area contributed by atoms with Crippen molar-refractivity contribution in [2.24, 2.45) is 0 Å². The zero-order valence-corrected chi connectivity index (χ0v) is 8.97. The number of hydrogen-bond donors (Lipinski definition) is 1. The second kappa shape index (κ2) is 4.56. The first-order valence-electron chi connectivity index (χ1n) is 5.01. The molecule has 0 spiro atoms. The van der Waals surface area contributed by atoms with Crippen molar-refractivity contribution in [3.05, 3.63) is 34.6 Å². The smallest absolute Gasteiger partial charge is 0.129 e. The molecule has 0 bridgehead atoms. The van der Waals surface area contributed by atoms with E-state index in [-0.39, 0.29) is 5.82 Å². The lowest BCUT2D eigenvalue weighted by molar-refractivity contribution is 0.166. The largest absolute Gasteiger partial charge is 0.388 e. The first-order chi connectivity index (χ1) is 6.56. The van der Waals surface area contributed by atoms with Crippen molar-refractivity contribution in [2.45, 2.75) is 39.7 Å². The van der Waals surface area contributed by atoms with Gasteiger partial charge in [-0.15, -0.1) is 0 Å². The molecule has 1 atom stereocenters. The Bertz CT molecular complexity index is 297. The molecule has 0 aliphatic rings. The summed E-state index contributed by atoms with van der Waals surface area (Å²) >= 11 is 0. The lowest BCUT2D eigenvalue weighted by Crippen LogP contribution is -2.00. The van der Waals surface area contributed by atoms with Gasteiger partial charge in [-0.1, -0.05) is 25.5 Å². The highest BCUT2D eigenvalue weighted by atomic mass is 19.1. The Balaban J connectivity index is 3.00. The zero-order chi connectivity index (χ0) is 10.7. The SMILES string of the molecule is CCC[C@@H](O)c1cc(C)c(F)c(C)c1. The van der Waals surface area contributed by atoms with Crippen LogP contribution >= 0.6 is 0 Å². The quantitative estimate of drug-likeness (QED) is 0.786. The van der Waals surface area contributed by atoms with E-state index >= 15 is 0 Å². The Morgan fingerprint density at radius 1 is 1.29 bits per heavy atom. The Morgan fingerprint density at radius 3 is 2.21 bits per heavy atom. The number of aryl methyl sites for hydroxylation is 2. The van der Waals surface area contributed by atoms with Crippen molar-refractivity contribution in [3.8, 4) is 0 Å². The van der Waals surface area contributed by atoms with Gasteiger partial charge in [0.05, 0.1) is 6.10 Å². The predicted octanol–water partition coefficient (Wildman–Crippen LogP) is 3.28. The monoisotopic (exact) mass is 196 g/mol. The molecule has 0 aliphatic carbocycles. The van der Waals surface area contributed by atoms with Crippen LogP contribution < -0.4 is 0 Å². The molecule has 0 radical (unpaired) electrons. The first kappa shape index (κ1) is 11.2. The molecule has 1 rings (SSSR count). The molecule has 0 unspecified atom stereocenters. The topological polar surface area (TPSA) is 20.2 Å². The lowest BCUT2D eigenvalue weighted by atomic mass is 10.00. The van der Waals surface area contributed by atoms with E-state index in [9.17, 15) is 9.50 Å². The van der Waals surface area contributed by atoms with Gasteiger partial charge in [0.1, 0.15) is 5.82 Å². The summed E-state index contributed by atoms with van der Waals surface area (Å²) in [6.45, 7) is 5.47. The molecule has 0 saturated heterocycles. The Hall–Kier alpha value is -0.890. The van der Waals surface area contributed by atoms with E-state index in [1.807, 2.05) is 6.92 Å². The minimum absolute atomic E-state index is 0.169. The number of rotatable bonds is 3. The van der Waals surface area contributed by atoms with Gasteiger partial charge in [-0.25, -0.2) is 4.39 Å². The van der Waals surface area contributed by atoms with Crippen molar-refractivity contribution in [1.82, 2.24) is 0 Å². The Kier molecular flexibility index (Phi) is 3.64. The lowest BCUT2D eigenvalue weighted by Gasteiger charge is -2.12. The standard InChI is InChI=1S/C12H17FO/c1-4-5-11(14)10-6-8(2)12(13)9(3)7-10/h6-7,11,14H,4-5H2,1-3H3/t11-/m1/s1. The van der Waals surface area contributed by atoms with Gasteiger partial charge in [0.25, 0.3) is 0 Å². The molecular weight excluding hydrogens is 179 g/mol. The van der Waals surface area contributed by atoms with Gasteiger partial charge in [-0.3, -0.25) is 0 Å². The molecule has 1 aromatic carbocycles. The fraction of sp³-hybridized carbons (Fsp3) is 0.500. The summed E-state index contributed by atoms with van der Waals surface area (Å²) in [4.78, 5) is 0. The predicted molar refractivity (Wildman–Crippen MR) is 55.7 cm³/mol. The molecule has 1 nitrogen and oxygen atoms in total. The molecule has 0 aliphatic heterocycles. The van der Waals surface area contributed by atoms with E-state index < -0.39 is 6.10 Å². The number of halogens is 1. The summed E-state index contributed by atoms with van der Waals surface area (Å²) in [5.74, 6) is -0.169. The van der Waals surface area contributed by atoms with Crippen molar-refractivity contribution in [3.63, 3.8) is 0 Å². The molecule has 0 amide bonds. The number of aliphatic hydroxyl groups is 1. The average molecular weight is 196 g/mol. The molecule has 0 saturated carbocycles. The Morgan fingerprint density at radius 2 is 1.79 bits per heavy atom. The van der Waals surface area contributed by atoms with Crippen LogP contribution in [-0.2, 0) is 0 Å². The van der Waals surface area contributed by atoms with Gasteiger partial charge in [0, 0.05) is 0 Å². The highest BCUT2D eigenvalue weighted by Crippen LogP contribution is 2.22. The van der Waals surface area contributed by atoms with Crippen LogP contribution in [0.15, 0.2) is 12.1 Å². The third kappa shape index (κ3) is 2.32. The number of benzene rings is 1. The van der Waals surface area contributed by atoms with Crippen LogP contribution in [0.4, 0.5) is 4.39 Å². The summed E-state index contributed by atoms with van der Waals surface area (Å²) in [7, 11) is 0. The van der Waals surface area contributed by atoms with E-state index in [0.29, 0.717) is 11.1 Å². The van der Waals surface area contributed by atoms with Gasteiger partial charge in [-0.05, 0) is 37.0 Å². The molecule has 78 valence electrons. The maximum atomic E-state index is 13.3. The van der Waals surface area contributed by atoms with E-state index in [2.05, 4.69) is 0 Å². The third-order valence-corrected chi connectivity index (χ3v) is 2.41. The van der Waals surface area contributed by atoms with Gasteiger partial charge in [-0.2, -0.15) is 0 Å². The summed E-state index contributed by atoms with van der Waals surface area (Å²) in [6.07, 6.45) is 1.19. The number of aliphatic hydroxyl groups excluding tert-OH is 1. The van der Waals surface area contributed by atoms with E-state index in [1.54, 1.807) is 26.0 Å². The van der Waals surface area contributed by atoms with Crippen molar-refractivity contribution in [2.75, 3.05) is 0 Å². The van der Waals surface area contributed by atoms with Crippen molar-refractivity contribution in [1.29, 1.82) is 0 Å². The summed E-state index contributed by atoms with van der Waals surface area (Å²) in [6, 6.07) is 3.45. The van der Waals surface area contributed by atoms with E-state index in [0.717, 1.165) is 18.4 Å². The van der Waals surface area contributed by atoms with Gasteiger partial charge in [0.15, 0.2) is 0 Å². The molecule has 0 aromatic heterocycles. The van der Waals surface area contributed by atoms with Crippen LogP contribution in [0.1, 0.15) is 42.6 Å². The highest BCUT2D eigenvalue weighted by molar-refractivity contribution is 5.31. The fourth-order valence-corrected chi connectivity index (χ4v) is 1.61. The third-order valence-electron chi connectivity index (χ3n) is 2.41. The van der Waals surface area contributed by atoms with Crippen LogP contribution in [0.5, 0.6) is 0 Å². The van der Waals surface area contributed by atoms with E-state index in [4.69, 9.17) is 0 Å². The Labute approximate surface area is 84.6 Å². The van der Waals surface area contributed by atoms with Crippen LogP contribution in [0.25, 0.3) is 0 Å². The molecule has 1 N–H and O–H groups in total. The molecular formula is C12H17FO. The second-order valence-electron chi connectivity index (χ2n) is 3.77. The van der Waals surface area contributed by atoms with Crippen molar-refractivity contribution < 1.29 is 9.50 Å². The molecule has 1 aromatic rings. The van der Waals surface area contributed by atoms with Gasteiger partial charge < -0.3 is 5.11 Å². The van der Waals surface area contributed by atoms with Crippen LogP contribution in [0, 0.1) is 19.7 Å². The summed E-state index contributed by atoms with van der Waals surface area (Å²) in [5.41, 5.74) is 2.04. The molecule has 14 heavy (non-hydrogen) atoms. The second-order valence-corrected chi connectivity index (χ2v) is 3.77. The zero-order valence-electron chi connectivity index (χ0n) is 8.97. The van der Waals surface area contributed by atoms with Crippen LogP contribution in [0.2, 0.25) is 0 Å². The highest BCUT2D eigenvalue weighted by Gasteiger charge is 2.10. The van der Waals surface area contributed by atoms with Gasteiger partial charge >= 0.3 is 0 Å². The maximum absolute atomic E-state index is 13.3. The maximum Gasteiger partial charge on any atom is 0.129 e. The normalized spacial score (nSPS) is 12.9. The van der Waals surface area contributed by atoms with Crippen LogP contribution in [0.3, 0.4) is 0 Å². The molecule has 0 fully saturated rings. The van der Waals surface area contributed by atoms with Gasteiger partial charge in [0.2, 0.25) is 0 Å². The van der Waals surface area contributed by atoms with Crippen LogP contribution in [-0.4, -0.2) is 5.11 Å². The molecule has 0 heterocycles. The summed E-state index contributed by atoms with van der Waals surface area (Å²) in [5, 5.41) is 9.74. The average Bonchev–Trinajstić information content (AvgIpc) is 2.13. The minimum Gasteiger partial charge on any atom is -0.388 e. The minimum atomic E-state index is -0.460.